The number of esters is 1. The second kappa shape index (κ2) is 6.35. The summed E-state index contributed by atoms with van der Waals surface area (Å²) in [6, 6.07) is 3.45. The molecule has 0 aliphatic heterocycles. The standard InChI is InChI=1S/C13H20N2O3/c1-13(2,5-7-16)9-15-10-4-6-14-11(8-10)12(17)18-3/h4,6,8,16H,5,7,9H2,1-3H3,(H,14,15). The molecule has 0 aromatic carbocycles. The fourth-order valence-corrected chi connectivity index (χ4v) is 1.49. The molecule has 0 atom stereocenters. The molecule has 1 aromatic rings. The van der Waals surface area contributed by atoms with Crippen LogP contribution in [-0.4, -0.2) is 36.3 Å². The number of nitrogens with zero attached hydrogens (tertiary/aromatic N) is 1. The number of nitrogens with one attached hydrogen (secondary N) is 1. The number of rotatable bonds is 6. The fraction of sp³-hybridized carbons (Fsp3) is 0.538. The Kier molecular flexibility index (Phi) is 5.09. The third-order valence-corrected chi connectivity index (χ3v) is 2.71. The van der Waals surface area contributed by atoms with Crippen molar-refractivity contribution in [2.24, 2.45) is 5.41 Å². The van der Waals surface area contributed by atoms with E-state index in [4.69, 9.17) is 5.11 Å². The van der Waals surface area contributed by atoms with Gasteiger partial charge in [0.15, 0.2) is 0 Å². The topological polar surface area (TPSA) is 71.5 Å². The van der Waals surface area contributed by atoms with Gasteiger partial charge in [0, 0.05) is 25.0 Å². The van der Waals surface area contributed by atoms with Crippen molar-refractivity contribution < 1.29 is 14.6 Å². The number of ether oxygens (including phenoxy) is 1. The first-order chi connectivity index (χ1) is 8.48. The highest BCUT2D eigenvalue weighted by Crippen LogP contribution is 2.20. The summed E-state index contributed by atoms with van der Waals surface area (Å²) < 4.78 is 4.61. The molecule has 0 aliphatic carbocycles. The highest BCUT2D eigenvalue weighted by Gasteiger charge is 2.17. The van der Waals surface area contributed by atoms with E-state index in [1.807, 2.05) is 0 Å². The lowest BCUT2D eigenvalue weighted by atomic mass is 9.90. The molecule has 18 heavy (non-hydrogen) atoms. The number of hydrogen-bond donors (Lipinski definition) is 2. The largest absolute Gasteiger partial charge is 0.464 e. The molecule has 1 rings (SSSR count). The Morgan fingerprint density at radius 1 is 1.56 bits per heavy atom. The van der Waals surface area contributed by atoms with Crippen LogP contribution < -0.4 is 5.32 Å². The van der Waals surface area contributed by atoms with Gasteiger partial charge in [-0.05, 0) is 24.0 Å². The number of hydrogen-bond acceptors (Lipinski definition) is 5. The van der Waals surface area contributed by atoms with Gasteiger partial charge < -0.3 is 15.2 Å². The Balaban J connectivity index is 2.65. The van der Waals surface area contributed by atoms with Gasteiger partial charge in [0.2, 0.25) is 0 Å². The number of aromatic nitrogens is 1. The maximum Gasteiger partial charge on any atom is 0.356 e. The molecule has 0 fully saturated rings. The minimum atomic E-state index is -0.451. The zero-order valence-electron chi connectivity index (χ0n) is 11.1. The number of pyridine rings is 1. The van der Waals surface area contributed by atoms with Crippen molar-refractivity contribution in [3.63, 3.8) is 0 Å². The van der Waals surface area contributed by atoms with Crippen LogP contribution in [0.1, 0.15) is 30.8 Å². The zero-order chi connectivity index (χ0) is 13.6. The minimum absolute atomic E-state index is 0.0105. The van der Waals surface area contributed by atoms with E-state index in [0.29, 0.717) is 6.54 Å². The maximum absolute atomic E-state index is 11.3. The Labute approximate surface area is 107 Å². The van der Waals surface area contributed by atoms with E-state index in [1.54, 1.807) is 18.3 Å². The van der Waals surface area contributed by atoms with Crippen molar-refractivity contribution in [2.75, 3.05) is 25.6 Å². The SMILES string of the molecule is COC(=O)c1cc(NCC(C)(C)CCO)ccn1. The van der Waals surface area contributed by atoms with Gasteiger partial charge in [0.05, 0.1) is 7.11 Å². The molecule has 1 heterocycles. The van der Waals surface area contributed by atoms with Crippen LogP contribution in [0.15, 0.2) is 18.3 Å². The lowest BCUT2D eigenvalue weighted by Crippen LogP contribution is -2.24. The zero-order valence-corrected chi connectivity index (χ0v) is 11.1. The predicted octanol–water partition coefficient (Wildman–Crippen LogP) is 1.69. The first-order valence-corrected chi connectivity index (χ1v) is 5.87. The van der Waals surface area contributed by atoms with E-state index in [-0.39, 0.29) is 17.7 Å². The van der Waals surface area contributed by atoms with E-state index in [2.05, 4.69) is 28.9 Å². The van der Waals surface area contributed by atoms with Gasteiger partial charge in [0.1, 0.15) is 5.69 Å². The minimum Gasteiger partial charge on any atom is -0.464 e. The van der Waals surface area contributed by atoms with Crippen LogP contribution >= 0.6 is 0 Å². The molecular formula is C13H20N2O3. The number of anilines is 1. The van der Waals surface area contributed by atoms with E-state index < -0.39 is 5.97 Å². The van der Waals surface area contributed by atoms with Gasteiger partial charge in [-0.15, -0.1) is 0 Å². The van der Waals surface area contributed by atoms with Gasteiger partial charge in [-0.2, -0.15) is 0 Å². The summed E-state index contributed by atoms with van der Waals surface area (Å²) in [7, 11) is 1.33. The van der Waals surface area contributed by atoms with E-state index >= 15 is 0 Å². The number of methoxy groups -OCH3 is 1. The van der Waals surface area contributed by atoms with Crippen LogP contribution in [0.2, 0.25) is 0 Å². The first kappa shape index (κ1) is 14.4. The lowest BCUT2D eigenvalue weighted by molar-refractivity contribution is 0.0594. The van der Waals surface area contributed by atoms with Crippen molar-refractivity contribution in [1.29, 1.82) is 0 Å². The molecule has 2 N–H and O–H groups in total. The second-order valence-electron chi connectivity index (χ2n) is 4.91. The third-order valence-electron chi connectivity index (χ3n) is 2.71. The summed E-state index contributed by atoms with van der Waals surface area (Å²) in [5.74, 6) is -0.451. The van der Waals surface area contributed by atoms with Crippen molar-refractivity contribution in [1.82, 2.24) is 4.98 Å². The lowest BCUT2D eigenvalue weighted by Gasteiger charge is -2.24. The normalized spacial score (nSPS) is 11.1. The Morgan fingerprint density at radius 2 is 2.28 bits per heavy atom. The van der Waals surface area contributed by atoms with Crippen molar-refractivity contribution in [3.05, 3.63) is 24.0 Å². The molecule has 100 valence electrons. The number of carbonyl (C=O) groups excluding carboxylic acids is 1. The summed E-state index contributed by atoms with van der Waals surface area (Å²) in [5.41, 5.74) is 1.09. The van der Waals surface area contributed by atoms with Crippen LogP contribution in [0.3, 0.4) is 0 Å². The summed E-state index contributed by atoms with van der Waals surface area (Å²) in [6.07, 6.45) is 2.28. The molecule has 0 saturated carbocycles. The van der Waals surface area contributed by atoms with Crippen molar-refractivity contribution in [2.45, 2.75) is 20.3 Å². The van der Waals surface area contributed by atoms with Crippen molar-refractivity contribution in [3.8, 4) is 0 Å². The van der Waals surface area contributed by atoms with Gasteiger partial charge in [-0.1, -0.05) is 13.8 Å². The Morgan fingerprint density at radius 3 is 2.89 bits per heavy atom. The predicted molar refractivity (Wildman–Crippen MR) is 69.6 cm³/mol. The number of aliphatic hydroxyl groups excluding tert-OH is 1. The van der Waals surface area contributed by atoms with Gasteiger partial charge in [0.25, 0.3) is 0 Å². The number of aliphatic hydroxyl groups is 1. The van der Waals surface area contributed by atoms with E-state index in [1.165, 1.54) is 7.11 Å². The quantitative estimate of drug-likeness (QED) is 0.754. The van der Waals surface area contributed by atoms with E-state index in [9.17, 15) is 4.79 Å². The second-order valence-corrected chi connectivity index (χ2v) is 4.91. The van der Waals surface area contributed by atoms with Crippen LogP contribution in [0.4, 0.5) is 5.69 Å². The molecule has 0 saturated heterocycles. The number of carbonyl (C=O) groups is 1. The maximum atomic E-state index is 11.3. The molecule has 0 radical (unpaired) electrons. The van der Waals surface area contributed by atoms with Gasteiger partial charge in [-0.3, -0.25) is 0 Å². The van der Waals surface area contributed by atoms with Gasteiger partial charge in [-0.25, -0.2) is 9.78 Å². The average Bonchev–Trinajstić information content (AvgIpc) is 2.36. The summed E-state index contributed by atoms with van der Waals surface area (Å²) in [6.45, 7) is 5.01. The third kappa shape index (κ3) is 4.33. The van der Waals surface area contributed by atoms with E-state index in [0.717, 1.165) is 12.1 Å². The molecule has 0 aliphatic rings. The molecule has 0 unspecified atom stereocenters. The van der Waals surface area contributed by atoms with Crippen LogP contribution in [0.5, 0.6) is 0 Å². The molecular weight excluding hydrogens is 232 g/mol. The summed E-state index contributed by atoms with van der Waals surface area (Å²) in [4.78, 5) is 15.3. The monoisotopic (exact) mass is 252 g/mol. The summed E-state index contributed by atoms with van der Waals surface area (Å²) in [5, 5.41) is 12.2. The Hall–Kier alpha value is -1.62. The average molecular weight is 252 g/mol. The van der Waals surface area contributed by atoms with Crippen LogP contribution in [-0.2, 0) is 4.74 Å². The van der Waals surface area contributed by atoms with Crippen molar-refractivity contribution >= 4 is 11.7 Å². The van der Waals surface area contributed by atoms with Gasteiger partial charge >= 0.3 is 5.97 Å². The highest BCUT2D eigenvalue weighted by molar-refractivity contribution is 5.88. The molecule has 5 nitrogen and oxygen atoms in total. The first-order valence-electron chi connectivity index (χ1n) is 5.87. The molecule has 5 heteroatoms. The summed E-state index contributed by atoms with van der Waals surface area (Å²) >= 11 is 0. The van der Waals surface area contributed by atoms with Crippen LogP contribution in [0.25, 0.3) is 0 Å². The smallest absolute Gasteiger partial charge is 0.356 e. The molecule has 1 aromatic heterocycles. The molecule has 0 bridgehead atoms. The van der Waals surface area contributed by atoms with Crippen LogP contribution in [0, 0.1) is 5.41 Å². The fourth-order valence-electron chi connectivity index (χ4n) is 1.49. The highest BCUT2D eigenvalue weighted by atomic mass is 16.5. The molecule has 0 spiro atoms. The molecule has 0 amide bonds. The Bertz CT molecular complexity index is 405.